The smallest absolute Gasteiger partial charge is 0.232 e. The molecule has 2 aromatic heterocycles. The van der Waals surface area contributed by atoms with Crippen molar-refractivity contribution in [3.05, 3.63) is 30.6 Å². The second kappa shape index (κ2) is 2.29. The van der Waals surface area contributed by atoms with Crippen molar-refractivity contribution in [3.63, 3.8) is 0 Å². The van der Waals surface area contributed by atoms with E-state index in [0.29, 0.717) is 0 Å². The highest BCUT2D eigenvalue weighted by Crippen LogP contribution is 2.32. The normalized spacial score (nSPS) is 12.8. The topological polar surface area (TPSA) is 30.2 Å². The molecule has 0 N–H and O–H groups in total. The molecule has 0 amide bonds. The van der Waals surface area contributed by atoms with Crippen LogP contribution < -0.4 is 0 Å². The molecule has 0 saturated heterocycles. The van der Waals surface area contributed by atoms with Crippen LogP contribution in [-0.4, -0.2) is 14.6 Å². The zero-order valence-electron chi connectivity index (χ0n) is 7.14. The minimum Gasteiger partial charge on any atom is -0.232 e. The Morgan fingerprint density at radius 1 is 1.31 bits per heavy atom. The van der Waals surface area contributed by atoms with Gasteiger partial charge in [0.15, 0.2) is 0 Å². The summed E-state index contributed by atoms with van der Waals surface area (Å²) in [5, 5.41) is 8.03. The summed E-state index contributed by atoms with van der Waals surface area (Å²) < 4.78 is 3.44. The van der Waals surface area contributed by atoms with Crippen LogP contribution in [0.3, 0.4) is 0 Å². The Morgan fingerprint density at radius 3 is 3.08 bits per heavy atom. The molecule has 1 aromatic carbocycles. The molecular weight excluding hydrogens is 182 g/mol. The van der Waals surface area contributed by atoms with Gasteiger partial charge < -0.3 is 0 Å². The van der Waals surface area contributed by atoms with Gasteiger partial charge in [-0.05, 0) is 6.07 Å². The predicted molar refractivity (Wildman–Crippen MR) is 54.0 cm³/mol. The van der Waals surface area contributed by atoms with Gasteiger partial charge in [0, 0.05) is 16.5 Å². The van der Waals surface area contributed by atoms with E-state index in [1.807, 2.05) is 6.07 Å². The largest absolute Gasteiger partial charge is 0.371 e. The monoisotopic (exact) mass is 190 g/mol. The predicted octanol–water partition coefficient (Wildman–Crippen LogP) is 2.17. The standard InChI is InChI=1S/C9H8N3S/c1-13-8-5-3-2-4-7(8)12-6-10-11-9(12)13/h2-6H,1H3/q+1. The number of benzene rings is 1. The quantitative estimate of drug-likeness (QED) is 0.508. The first-order chi connectivity index (χ1) is 6.38. The lowest BCUT2D eigenvalue weighted by molar-refractivity contribution is 1.11. The van der Waals surface area contributed by atoms with E-state index in [1.165, 1.54) is 10.2 Å². The van der Waals surface area contributed by atoms with Gasteiger partial charge in [0.1, 0.15) is 18.1 Å². The molecule has 3 nitrogen and oxygen atoms in total. The van der Waals surface area contributed by atoms with Crippen molar-refractivity contribution in [2.75, 3.05) is 0 Å². The second-order valence-electron chi connectivity index (χ2n) is 2.96. The average Bonchev–Trinajstić information content (AvgIpc) is 2.72. The van der Waals surface area contributed by atoms with Crippen molar-refractivity contribution in [1.29, 1.82) is 0 Å². The molecule has 13 heavy (non-hydrogen) atoms. The lowest BCUT2D eigenvalue weighted by Crippen LogP contribution is -1.74. The third kappa shape index (κ3) is 0.781. The summed E-state index contributed by atoms with van der Waals surface area (Å²) in [6.45, 7) is 0. The minimum absolute atomic E-state index is 0.0977. The van der Waals surface area contributed by atoms with Crippen molar-refractivity contribution in [2.45, 2.75) is 0 Å². The number of fused-ring (bicyclic) bond motifs is 3. The van der Waals surface area contributed by atoms with Crippen LogP contribution in [0.1, 0.15) is 0 Å². The Hall–Kier alpha value is -1.42. The fraction of sp³-hybridized carbons (Fsp3) is 0.111. The molecule has 0 aliphatic carbocycles. The van der Waals surface area contributed by atoms with E-state index in [1.54, 1.807) is 6.33 Å². The molecule has 3 rings (SSSR count). The maximum atomic E-state index is 4.12. The lowest BCUT2D eigenvalue weighted by atomic mass is 10.3. The summed E-state index contributed by atoms with van der Waals surface area (Å²) in [6, 6.07) is 8.39. The number of aryl methyl sites for hydroxylation is 1. The molecule has 0 radical (unpaired) electrons. The lowest BCUT2D eigenvalue weighted by Gasteiger charge is -1.82. The molecule has 0 spiro atoms. The molecule has 2 heterocycles. The van der Waals surface area contributed by atoms with Crippen LogP contribution in [0.15, 0.2) is 30.6 Å². The van der Waals surface area contributed by atoms with Crippen molar-refractivity contribution >= 4 is 25.6 Å². The number of hydrogen-bond donors (Lipinski definition) is 0. The summed E-state index contributed by atoms with van der Waals surface area (Å²) >= 11 is 0. The van der Waals surface area contributed by atoms with Gasteiger partial charge >= 0.3 is 4.96 Å². The van der Waals surface area contributed by atoms with Gasteiger partial charge in [0.25, 0.3) is 0 Å². The van der Waals surface area contributed by atoms with Gasteiger partial charge in [-0.15, -0.1) is 5.10 Å². The Bertz CT molecular complexity index is 579. The fourth-order valence-electron chi connectivity index (χ4n) is 1.61. The molecule has 3 aromatic rings. The first kappa shape index (κ1) is 7.03. The van der Waals surface area contributed by atoms with Crippen LogP contribution in [0, 0.1) is 0 Å². The van der Waals surface area contributed by atoms with E-state index in [9.17, 15) is 0 Å². The Morgan fingerprint density at radius 2 is 2.15 bits per heavy atom. The maximum Gasteiger partial charge on any atom is 0.371 e. The van der Waals surface area contributed by atoms with E-state index in [0.717, 1.165) is 4.96 Å². The third-order valence-electron chi connectivity index (χ3n) is 2.24. The maximum absolute atomic E-state index is 4.12. The first-order valence-electron chi connectivity index (χ1n) is 4.03. The van der Waals surface area contributed by atoms with Gasteiger partial charge in [-0.3, -0.25) is 0 Å². The average molecular weight is 190 g/mol. The van der Waals surface area contributed by atoms with Gasteiger partial charge in [-0.25, -0.2) is 4.40 Å². The molecule has 4 heteroatoms. The molecule has 1 atom stereocenters. The SMILES string of the molecule is C[s+]1c2ccccc2n2cnnc21. The van der Waals surface area contributed by atoms with Gasteiger partial charge in [0.05, 0.1) is 0 Å². The molecule has 1 unspecified atom stereocenters. The van der Waals surface area contributed by atoms with Gasteiger partial charge in [-0.2, -0.15) is 0 Å². The van der Waals surface area contributed by atoms with Crippen molar-refractivity contribution in [2.24, 2.45) is 6.26 Å². The summed E-state index contributed by atoms with van der Waals surface area (Å²) in [5.74, 6) is 0. The third-order valence-corrected chi connectivity index (χ3v) is 4.08. The first-order valence-corrected chi connectivity index (χ1v) is 5.66. The van der Waals surface area contributed by atoms with Crippen LogP contribution in [0.4, 0.5) is 0 Å². The van der Waals surface area contributed by atoms with Crippen LogP contribution in [0.5, 0.6) is 0 Å². The Labute approximate surface area is 77.6 Å². The molecule has 0 aliphatic rings. The van der Waals surface area contributed by atoms with E-state index < -0.39 is 0 Å². The molecule has 0 aliphatic heterocycles. The van der Waals surface area contributed by atoms with Crippen LogP contribution in [-0.2, 0) is 6.26 Å². The molecule has 0 bridgehead atoms. The Kier molecular flexibility index (Phi) is 1.24. The number of rotatable bonds is 0. The molecular formula is C9H8N3S+. The van der Waals surface area contributed by atoms with E-state index in [4.69, 9.17) is 0 Å². The molecule has 0 saturated carbocycles. The summed E-state index contributed by atoms with van der Waals surface area (Å²) in [6.07, 6.45) is 3.97. The number of nitrogens with zero attached hydrogens (tertiary/aromatic N) is 3. The highest BCUT2D eigenvalue weighted by atomic mass is 32.2. The van der Waals surface area contributed by atoms with Crippen molar-refractivity contribution < 1.29 is 0 Å². The van der Waals surface area contributed by atoms with Crippen molar-refractivity contribution in [1.82, 2.24) is 14.6 Å². The summed E-state index contributed by atoms with van der Waals surface area (Å²) in [4.78, 5) is 1.07. The molecule has 64 valence electrons. The fourth-order valence-corrected chi connectivity index (χ4v) is 3.18. The number of thiazole rings is 1. The summed E-state index contributed by atoms with van der Waals surface area (Å²) in [7, 11) is 0.0977. The zero-order valence-corrected chi connectivity index (χ0v) is 7.95. The van der Waals surface area contributed by atoms with Crippen molar-refractivity contribution in [3.8, 4) is 0 Å². The van der Waals surface area contributed by atoms with Gasteiger partial charge in [-0.1, -0.05) is 17.2 Å². The van der Waals surface area contributed by atoms with Gasteiger partial charge in [0.2, 0.25) is 4.70 Å². The van der Waals surface area contributed by atoms with Crippen LogP contribution in [0.25, 0.3) is 15.2 Å². The number of para-hydroxylation sites is 1. The minimum atomic E-state index is 0.0977. The highest BCUT2D eigenvalue weighted by Gasteiger charge is 2.18. The Balaban J connectivity index is 2.72. The summed E-state index contributed by atoms with van der Waals surface area (Å²) in [5.41, 5.74) is 1.23. The number of hydrogen-bond acceptors (Lipinski definition) is 2. The van der Waals surface area contributed by atoms with E-state index in [-0.39, 0.29) is 10.5 Å². The highest BCUT2D eigenvalue weighted by molar-refractivity contribution is 7.39. The van der Waals surface area contributed by atoms with E-state index in [2.05, 4.69) is 39.1 Å². The van der Waals surface area contributed by atoms with E-state index >= 15 is 0 Å². The van der Waals surface area contributed by atoms with Crippen LogP contribution in [0.2, 0.25) is 0 Å². The van der Waals surface area contributed by atoms with Crippen LogP contribution >= 0.6 is 10.5 Å². The second-order valence-corrected chi connectivity index (χ2v) is 4.79. The number of aromatic nitrogens is 3. The zero-order chi connectivity index (χ0) is 8.84. The molecule has 0 fully saturated rings.